The van der Waals surface area contributed by atoms with Crippen molar-refractivity contribution in [1.29, 1.82) is 0 Å². The summed E-state index contributed by atoms with van der Waals surface area (Å²) in [5.74, 6) is 1.63. The van der Waals surface area contributed by atoms with Gasteiger partial charge in [-0.25, -0.2) is 4.98 Å². The Bertz CT molecular complexity index is 630. The first-order chi connectivity index (χ1) is 10.6. The first-order valence-electron chi connectivity index (χ1n) is 7.63. The van der Waals surface area contributed by atoms with Crippen LogP contribution < -0.4 is 9.80 Å². The first kappa shape index (κ1) is 15.2. The van der Waals surface area contributed by atoms with Gasteiger partial charge in [0, 0.05) is 31.2 Å². The van der Waals surface area contributed by atoms with Gasteiger partial charge in [-0.2, -0.15) is 4.98 Å². The molecule has 3 heterocycles. The van der Waals surface area contributed by atoms with Crippen LogP contribution in [0.25, 0.3) is 0 Å². The zero-order chi connectivity index (χ0) is 15.5. The molecule has 0 amide bonds. The van der Waals surface area contributed by atoms with E-state index in [1.54, 1.807) is 17.5 Å². The Labute approximate surface area is 135 Å². The topological polar surface area (TPSA) is 52.5 Å². The number of nitrogens with zero attached hydrogens (tertiary/aromatic N) is 4. The lowest BCUT2D eigenvalue weighted by atomic mass is 10.1. The van der Waals surface area contributed by atoms with E-state index in [0.29, 0.717) is 6.54 Å². The van der Waals surface area contributed by atoms with Crippen molar-refractivity contribution >= 4 is 23.1 Å². The molecule has 5 nitrogen and oxygen atoms in total. The average molecular weight is 318 g/mol. The second kappa shape index (κ2) is 6.62. The number of aliphatic hydroxyl groups is 1. The Balaban J connectivity index is 1.74. The number of aromatic nitrogens is 2. The van der Waals surface area contributed by atoms with Crippen LogP contribution in [0.15, 0.2) is 23.7 Å². The quantitative estimate of drug-likeness (QED) is 0.938. The maximum Gasteiger partial charge on any atom is 0.227 e. The van der Waals surface area contributed by atoms with Gasteiger partial charge >= 0.3 is 0 Å². The van der Waals surface area contributed by atoms with Gasteiger partial charge in [0.15, 0.2) is 0 Å². The fourth-order valence-electron chi connectivity index (χ4n) is 2.71. The van der Waals surface area contributed by atoms with Crippen LogP contribution in [0.4, 0.5) is 11.8 Å². The summed E-state index contributed by atoms with van der Waals surface area (Å²) in [6, 6.07) is 4.06. The monoisotopic (exact) mass is 318 g/mol. The summed E-state index contributed by atoms with van der Waals surface area (Å²) in [4.78, 5) is 14.6. The number of aliphatic hydroxyl groups excluding tert-OH is 1. The molecule has 1 fully saturated rings. The summed E-state index contributed by atoms with van der Waals surface area (Å²) in [6.07, 6.45) is 3.44. The highest BCUT2D eigenvalue weighted by molar-refractivity contribution is 7.10. The van der Waals surface area contributed by atoms with Gasteiger partial charge in [-0.3, -0.25) is 0 Å². The summed E-state index contributed by atoms with van der Waals surface area (Å²) in [7, 11) is 2.02. The predicted octanol–water partition coefficient (Wildman–Crippen LogP) is 2.44. The largest absolute Gasteiger partial charge is 0.391 e. The Kier molecular flexibility index (Phi) is 4.59. The molecule has 1 saturated heterocycles. The molecule has 0 aromatic carbocycles. The summed E-state index contributed by atoms with van der Waals surface area (Å²) >= 11 is 1.76. The van der Waals surface area contributed by atoms with Gasteiger partial charge < -0.3 is 14.9 Å². The van der Waals surface area contributed by atoms with Crippen LogP contribution in [0.3, 0.4) is 0 Å². The molecule has 1 N–H and O–H groups in total. The van der Waals surface area contributed by atoms with Crippen LogP contribution in [0.5, 0.6) is 0 Å². The Morgan fingerprint density at radius 3 is 3.05 bits per heavy atom. The van der Waals surface area contributed by atoms with Gasteiger partial charge in [0.2, 0.25) is 5.95 Å². The average Bonchev–Trinajstić information content (AvgIpc) is 2.92. The van der Waals surface area contributed by atoms with E-state index in [-0.39, 0.29) is 6.10 Å². The van der Waals surface area contributed by atoms with Gasteiger partial charge in [-0.05, 0) is 42.8 Å². The highest BCUT2D eigenvalue weighted by Crippen LogP contribution is 2.22. The van der Waals surface area contributed by atoms with Gasteiger partial charge in [0.05, 0.1) is 12.6 Å². The minimum atomic E-state index is -0.251. The third-order valence-electron chi connectivity index (χ3n) is 4.04. The molecule has 22 heavy (non-hydrogen) atoms. The van der Waals surface area contributed by atoms with E-state index in [9.17, 15) is 5.11 Å². The number of thiophene rings is 1. The lowest BCUT2D eigenvalue weighted by Gasteiger charge is -2.31. The molecule has 0 aliphatic carbocycles. The second-order valence-corrected chi connectivity index (χ2v) is 6.84. The lowest BCUT2D eigenvalue weighted by molar-refractivity contribution is 0.154. The van der Waals surface area contributed by atoms with Crippen molar-refractivity contribution in [2.75, 3.05) is 29.9 Å². The van der Waals surface area contributed by atoms with Crippen LogP contribution >= 0.6 is 11.3 Å². The molecule has 0 spiro atoms. The van der Waals surface area contributed by atoms with Crippen molar-refractivity contribution < 1.29 is 5.11 Å². The number of hydrogen-bond donors (Lipinski definition) is 1. The molecule has 0 radical (unpaired) electrons. The van der Waals surface area contributed by atoms with Crippen molar-refractivity contribution in [3.8, 4) is 0 Å². The van der Waals surface area contributed by atoms with Crippen LogP contribution in [0, 0.1) is 6.92 Å². The summed E-state index contributed by atoms with van der Waals surface area (Å²) in [5, 5.41) is 11.9. The van der Waals surface area contributed by atoms with E-state index in [1.807, 2.05) is 13.1 Å². The number of aryl methyl sites for hydroxylation is 1. The van der Waals surface area contributed by atoms with E-state index in [4.69, 9.17) is 0 Å². The molecule has 1 atom stereocenters. The second-order valence-electron chi connectivity index (χ2n) is 5.84. The molecule has 6 heteroatoms. The van der Waals surface area contributed by atoms with Crippen LogP contribution in [0.2, 0.25) is 0 Å². The first-order valence-corrected chi connectivity index (χ1v) is 8.51. The van der Waals surface area contributed by atoms with Gasteiger partial charge in [0.1, 0.15) is 5.82 Å². The molecule has 1 aliphatic rings. The maximum absolute atomic E-state index is 9.83. The molecule has 118 valence electrons. The van der Waals surface area contributed by atoms with Crippen molar-refractivity contribution in [3.05, 3.63) is 34.2 Å². The highest BCUT2D eigenvalue weighted by atomic mass is 32.1. The smallest absolute Gasteiger partial charge is 0.227 e. The van der Waals surface area contributed by atoms with E-state index >= 15 is 0 Å². The van der Waals surface area contributed by atoms with Crippen LogP contribution in [-0.2, 0) is 6.54 Å². The van der Waals surface area contributed by atoms with Crippen LogP contribution in [0.1, 0.15) is 23.3 Å². The number of anilines is 2. The fraction of sp³-hybridized carbons (Fsp3) is 0.500. The Hall–Kier alpha value is -1.66. The van der Waals surface area contributed by atoms with Gasteiger partial charge in [-0.1, -0.05) is 0 Å². The molecule has 0 unspecified atom stereocenters. The van der Waals surface area contributed by atoms with E-state index in [2.05, 4.69) is 38.1 Å². The number of piperidine rings is 1. The number of rotatable bonds is 4. The molecule has 2 aromatic rings. The third kappa shape index (κ3) is 3.39. The molecule has 0 bridgehead atoms. The Morgan fingerprint density at radius 2 is 2.32 bits per heavy atom. The molecule has 3 rings (SSSR count). The highest BCUT2D eigenvalue weighted by Gasteiger charge is 2.19. The number of hydrogen-bond acceptors (Lipinski definition) is 6. The van der Waals surface area contributed by atoms with Crippen LogP contribution in [-0.4, -0.2) is 41.3 Å². The minimum absolute atomic E-state index is 0.251. The summed E-state index contributed by atoms with van der Waals surface area (Å²) in [6.45, 7) is 4.55. The summed E-state index contributed by atoms with van der Waals surface area (Å²) in [5.41, 5.74) is 1.31. The van der Waals surface area contributed by atoms with Crippen molar-refractivity contribution in [1.82, 2.24) is 9.97 Å². The lowest BCUT2D eigenvalue weighted by Crippen LogP contribution is -2.38. The zero-order valence-corrected chi connectivity index (χ0v) is 13.9. The summed E-state index contributed by atoms with van der Waals surface area (Å²) < 4.78 is 0. The standard InChI is InChI=1S/C16H22N4OS/c1-12-6-9-22-14(12)11-19(2)16-17-7-5-15(18-16)20-8-3-4-13(21)10-20/h5-7,9,13,21H,3-4,8,10-11H2,1-2H3/t13-/m0/s1. The van der Waals surface area contributed by atoms with E-state index in [0.717, 1.165) is 37.7 Å². The number of β-amino-alcohol motifs (C(OH)–C–C–N with tert-alkyl or cyclic N) is 1. The normalized spacial score (nSPS) is 18.5. The van der Waals surface area contributed by atoms with Crippen molar-refractivity contribution in [2.24, 2.45) is 0 Å². The zero-order valence-electron chi connectivity index (χ0n) is 13.1. The SMILES string of the molecule is Cc1ccsc1CN(C)c1nccc(N2CCC[C@H](O)C2)n1. The molecule has 0 saturated carbocycles. The third-order valence-corrected chi connectivity index (χ3v) is 5.05. The maximum atomic E-state index is 9.83. The fourth-order valence-corrected chi connectivity index (χ4v) is 3.67. The van der Waals surface area contributed by atoms with E-state index < -0.39 is 0 Å². The predicted molar refractivity (Wildman–Crippen MR) is 90.6 cm³/mol. The van der Waals surface area contributed by atoms with Crippen molar-refractivity contribution in [3.63, 3.8) is 0 Å². The van der Waals surface area contributed by atoms with Crippen molar-refractivity contribution in [2.45, 2.75) is 32.4 Å². The minimum Gasteiger partial charge on any atom is -0.391 e. The van der Waals surface area contributed by atoms with Gasteiger partial charge in [0.25, 0.3) is 0 Å². The molecule has 1 aliphatic heterocycles. The Morgan fingerprint density at radius 1 is 1.45 bits per heavy atom. The molecule has 2 aromatic heterocycles. The molecular weight excluding hydrogens is 296 g/mol. The van der Waals surface area contributed by atoms with E-state index in [1.165, 1.54) is 10.4 Å². The molecular formula is C16H22N4OS. The van der Waals surface area contributed by atoms with Gasteiger partial charge in [-0.15, -0.1) is 11.3 Å².